The van der Waals surface area contributed by atoms with Gasteiger partial charge in [-0.3, -0.25) is 4.79 Å². The summed E-state index contributed by atoms with van der Waals surface area (Å²) in [7, 11) is 0. The highest BCUT2D eigenvalue weighted by Crippen LogP contribution is 2.08. The first-order valence-corrected chi connectivity index (χ1v) is 5.98. The Labute approximate surface area is 108 Å². The van der Waals surface area contributed by atoms with Gasteiger partial charge in [0.25, 0.3) is 5.91 Å². The number of nitriles is 1. The van der Waals surface area contributed by atoms with Crippen molar-refractivity contribution in [3.8, 4) is 11.8 Å². The minimum Gasteiger partial charge on any atom is -0.484 e. The van der Waals surface area contributed by atoms with Gasteiger partial charge < -0.3 is 10.1 Å². The third kappa shape index (κ3) is 5.35. The van der Waals surface area contributed by atoms with Crippen LogP contribution >= 0.6 is 0 Å². The van der Waals surface area contributed by atoms with Gasteiger partial charge in [0.15, 0.2) is 6.61 Å². The van der Waals surface area contributed by atoms with Crippen LogP contribution in [0, 0.1) is 17.2 Å². The summed E-state index contributed by atoms with van der Waals surface area (Å²) in [4.78, 5) is 11.6. The van der Waals surface area contributed by atoms with Crippen LogP contribution in [-0.2, 0) is 4.79 Å². The van der Waals surface area contributed by atoms with Crippen LogP contribution in [0.2, 0.25) is 0 Å². The largest absolute Gasteiger partial charge is 0.484 e. The maximum atomic E-state index is 11.6. The first-order chi connectivity index (χ1) is 8.61. The van der Waals surface area contributed by atoms with Crippen molar-refractivity contribution in [2.75, 3.05) is 6.61 Å². The predicted octanol–water partition coefficient (Wildman–Crippen LogP) is 2.12. The lowest BCUT2D eigenvalue weighted by Crippen LogP contribution is -2.37. The van der Waals surface area contributed by atoms with Crippen molar-refractivity contribution in [3.05, 3.63) is 30.3 Å². The van der Waals surface area contributed by atoms with E-state index in [1.54, 1.807) is 12.1 Å². The number of carbonyl (C=O) groups is 1. The second kappa shape index (κ2) is 7.33. The highest BCUT2D eigenvalue weighted by molar-refractivity contribution is 5.78. The maximum absolute atomic E-state index is 11.6. The van der Waals surface area contributed by atoms with E-state index in [4.69, 9.17) is 10.00 Å². The Morgan fingerprint density at radius 1 is 1.39 bits per heavy atom. The Morgan fingerprint density at radius 3 is 2.61 bits per heavy atom. The summed E-state index contributed by atoms with van der Waals surface area (Å²) < 4.78 is 5.30. The van der Waals surface area contributed by atoms with E-state index in [1.165, 1.54) is 0 Å². The van der Waals surface area contributed by atoms with Crippen molar-refractivity contribution in [2.24, 2.45) is 5.92 Å². The lowest BCUT2D eigenvalue weighted by molar-refractivity contribution is -0.123. The average Bonchev–Trinajstić information content (AvgIpc) is 2.36. The molecule has 1 aromatic carbocycles. The molecule has 0 radical (unpaired) electrons. The topological polar surface area (TPSA) is 62.1 Å². The lowest BCUT2D eigenvalue weighted by atomic mass is 10.1. The molecule has 1 aromatic rings. The van der Waals surface area contributed by atoms with E-state index in [2.05, 4.69) is 11.4 Å². The van der Waals surface area contributed by atoms with Crippen LogP contribution in [0.4, 0.5) is 0 Å². The number of nitrogens with zero attached hydrogens (tertiary/aromatic N) is 1. The minimum absolute atomic E-state index is 0.0692. The fourth-order valence-corrected chi connectivity index (χ4v) is 1.52. The van der Waals surface area contributed by atoms with Gasteiger partial charge in [0, 0.05) is 0 Å². The molecule has 1 atom stereocenters. The van der Waals surface area contributed by atoms with E-state index < -0.39 is 6.04 Å². The molecule has 18 heavy (non-hydrogen) atoms. The zero-order valence-electron chi connectivity index (χ0n) is 10.7. The molecule has 1 rings (SSSR count). The number of carbonyl (C=O) groups excluding carboxylic acids is 1. The van der Waals surface area contributed by atoms with Gasteiger partial charge >= 0.3 is 0 Å². The molecule has 0 bridgehead atoms. The van der Waals surface area contributed by atoms with Gasteiger partial charge in [-0.25, -0.2) is 0 Å². The zero-order valence-corrected chi connectivity index (χ0v) is 10.7. The number of ether oxygens (including phenoxy) is 1. The highest BCUT2D eigenvalue weighted by atomic mass is 16.5. The first-order valence-electron chi connectivity index (χ1n) is 5.98. The van der Waals surface area contributed by atoms with Gasteiger partial charge in [0.1, 0.15) is 11.8 Å². The molecular weight excluding hydrogens is 228 g/mol. The Hall–Kier alpha value is -2.02. The molecule has 0 heterocycles. The molecule has 4 nitrogen and oxygen atoms in total. The SMILES string of the molecule is CC(C)CC(C#N)NC(=O)COc1ccccc1. The van der Waals surface area contributed by atoms with Crippen LogP contribution in [0.3, 0.4) is 0 Å². The second-order valence-electron chi connectivity index (χ2n) is 4.48. The molecule has 96 valence electrons. The van der Waals surface area contributed by atoms with Crippen LogP contribution in [-0.4, -0.2) is 18.6 Å². The minimum atomic E-state index is -0.447. The molecule has 1 amide bonds. The van der Waals surface area contributed by atoms with Crippen LogP contribution in [0.25, 0.3) is 0 Å². The van der Waals surface area contributed by atoms with E-state index in [9.17, 15) is 4.79 Å². The van der Waals surface area contributed by atoms with Crippen LogP contribution in [0.15, 0.2) is 30.3 Å². The molecule has 0 aliphatic carbocycles. The quantitative estimate of drug-likeness (QED) is 0.836. The van der Waals surface area contributed by atoms with Crippen LogP contribution < -0.4 is 10.1 Å². The van der Waals surface area contributed by atoms with Gasteiger partial charge in [-0.05, 0) is 24.5 Å². The van der Waals surface area contributed by atoms with Crippen molar-refractivity contribution in [1.82, 2.24) is 5.32 Å². The molecular formula is C14H18N2O2. The molecule has 0 aliphatic rings. The van der Waals surface area contributed by atoms with Crippen LogP contribution in [0.1, 0.15) is 20.3 Å². The van der Waals surface area contributed by atoms with Gasteiger partial charge in [-0.15, -0.1) is 0 Å². The van der Waals surface area contributed by atoms with E-state index in [1.807, 2.05) is 32.0 Å². The van der Waals surface area contributed by atoms with Crippen molar-refractivity contribution in [2.45, 2.75) is 26.3 Å². The summed E-state index contributed by atoms with van der Waals surface area (Å²) in [6, 6.07) is 10.7. The van der Waals surface area contributed by atoms with Gasteiger partial charge in [0.05, 0.1) is 6.07 Å². The van der Waals surface area contributed by atoms with Gasteiger partial charge in [0.2, 0.25) is 0 Å². The van der Waals surface area contributed by atoms with Crippen molar-refractivity contribution >= 4 is 5.91 Å². The molecule has 1 unspecified atom stereocenters. The number of amides is 1. The van der Waals surface area contributed by atoms with E-state index in [-0.39, 0.29) is 12.5 Å². The fourth-order valence-electron chi connectivity index (χ4n) is 1.52. The average molecular weight is 246 g/mol. The summed E-state index contributed by atoms with van der Waals surface area (Å²) >= 11 is 0. The monoisotopic (exact) mass is 246 g/mol. The van der Waals surface area contributed by atoms with Crippen molar-refractivity contribution < 1.29 is 9.53 Å². The Bertz CT molecular complexity index is 410. The third-order valence-electron chi connectivity index (χ3n) is 2.31. The van der Waals surface area contributed by atoms with Crippen molar-refractivity contribution in [1.29, 1.82) is 5.26 Å². The number of hydrogen-bond donors (Lipinski definition) is 1. The molecule has 0 fully saturated rings. The number of benzene rings is 1. The van der Waals surface area contributed by atoms with E-state index >= 15 is 0 Å². The number of para-hydroxylation sites is 1. The Morgan fingerprint density at radius 2 is 2.06 bits per heavy atom. The molecule has 0 saturated carbocycles. The second-order valence-corrected chi connectivity index (χ2v) is 4.48. The lowest BCUT2D eigenvalue weighted by Gasteiger charge is -2.13. The van der Waals surface area contributed by atoms with E-state index in [0.29, 0.717) is 18.1 Å². The van der Waals surface area contributed by atoms with Crippen molar-refractivity contribution in [3.63, 3.8) is 0 Å². The molecule has 0 aliphatic heterocycles. The Balaban J connectivity index is 2.35. The molecule has 1 N–H and O–H groups in total. The summed E-state index contributed by atoms with van der Waals surface area (Å²) in [6.45, 7) is 3.95. The highest BCUT2D eigenvalue weighted by Gasteiger charge is 2.13. The molecule has 0 aromatic heterocycles. The maximum Gasteiger partial charge on any atom is 0.258 e. The predicted molar refractivity (Wildman–Crippen MR) is 68.9 cm³/mol. The molecule has 4 heteroatoms. The van der Waals surface area contributed by atoms with Gasteiger partial charge in [-0.1, -0.05) is 32.0 Å². The summed E-state index contributed by atoms with van der Waals surface area (Å²) in [5.41, 5.74) is 0. The smallest absolute Gasteiger partial charge is 0.258 e. The first kappa shape index (κ1) is 14.0. The normalized spacial score (nSPS) is 11.7. The van der Waals surface area contributed by atoms with Crippen LogP contribution in [0.5, 0.6) is 5.75 Å². The fraction of sp³-hybridized carbons (Fsp3) is 0.429. The summed E-state index contributed by atoms with van der Waals surface area (Å²) in [5.74, 6) is 0.737. The standard InChI is InChI=1S/C14H18N2O2/c1-11(2)8-12(9-15)16-14(17)10-18-13-6-4-3-5-7-13/h3-7,11-12H,8,10H2,1-2H3,(H,16,17). The Kier molecular flexibility index (Phi) is 5.72. The number of nitrogens with one attached hydrogen (secondary N) is 1. The summed E-state index contributed by atoms with van der Waals surface area (Å²) in [6.07, 6.45) is 0.646. The number of rotatable bonds is 6. The van der Waals surface area contributed by atoms with E-state index in [0.717, 1.165) is 0 Å². The molecule has 0 saturated heterocycles. The third-order valence-corrected chi connectivity index (χ3v) is 2.31. The summed E-state index contributed by atoms with van der Waals surface area (Å²) in [5, 5.41) is 11.5. The number of hydrogen-bond acceptors (Lipinski definition) is 3. The zero-order chi connectivity index (χ0) is 13.4. The molecule has 0 spiro atoms. The van der Waals surface area contributed by atoms with Gasteiger partial charge in [-0.2, -0.15) is 5.26 Å².